The van der Waals surface area contributed by atoms with Crippen LogP contribution in [0.4, 0.5) is 0 Å². The minimum absolute atomic E-state index is 0. The summed E-state index contributed by atoms with van der Waals surface area (Å²) in [6, 6.07) is 11.4. The molecule has 2 heterocycles. The number of likely N-dealkylation sites (N-methyl/N-ethyl adjacent to an activating group) is 1. The lowest BCUT2D eigenvalue weighted by Crippen LogP contribution is -2.59. The van der Waals surface area contributed by atoms with Crippen molar-refractivity contribution in [3.63, 3.8) is 0 Å². The Hall–Kier alpha value is -5.16. The van der Waals surface area contributed by atoms with Crippen LogP contribution in [0.5, 0.6) is 0 Å². The smallest absolute Gasteiger partial charge is 0.246 e. The molecule has 4 aliphatic rings. The highest BCUT2D eigenvalue weighted by Gasteiger charge is 2.46. The Morgan fingerprint density at radius 2 is 1.06 bits per heavy atom. The summed E-state index contributed by atoms with van der Waals surface area (Å²) in [5, 5.41) is 15.3. The summed E-state index contributed by atoms with van der Waals surface area (Å²) in [6.45, 7) is 18.0. The summed E-state index contributed by atoms with van der Waals surface area (Å²) < 4.78 is 12.6. The summed E-state index contributed by atoms with van der Waals surface area (Å²) >= 11 is 0. The monoisotopic (exact) mass is 1030 g/mol. The lowest BCUT2D eigenvalue weighted by atomic mass is 9.85. The summed E-state index contributed by atoms with van der Waals surface area (Å²) in [5.41, 5.74) is 2.89. The number of amides is 6. The van der Waals surface area contributed by atoms with Crippen molar-refractivity contribution in [2.24, 2.45) is 16.7 Å². The minimum Gasteiger partial charge on any atom is -0.363 e. The van der Waals surface area contributed by atoms with Crippen LogP contribution in [0.2, 0.25) is 0 Å². The van der Waals surface area contributed by atoms with Gasteiger partial charge in [0, 0.05) is 31.8 Å². The number of carbonyl (C=O) groups excluding carboxylic acids is 6. The molecule has 2 aromatic carbocycles. The fraction of sp³-hybridized carbons (Fsp3) is 0.600. The molecule has 2 aromatic rings. The number of nitrogens with zero attached hydrogens (tertiary/aromatic N) is 2. The number of hydrogen-bond acceptors (Lipinski definition) is 9. The number of nitrogens with one attached hydrogen (secondary N) is 5. The van der Waals surface area contributed by atoms with Gasteiger partial charge in [-0.1, -0.05) is 116 Å². The second-order valence-corrected chi connectivity index (χ2v) is 21.4. The van der Waals surface area contributed by atoms with E-state index in [1.807, 2.05) is 104 Å². The largest absolute Gasteiger partial charge is 0.363 e. The van der Waals surface area contributed by atoms with Gasteiger partial charge in [0.05, 0.1) is 30.3 Å². The van der Waals surface area contributed by atoms with Crippen LogP contribution < -0.4 is 26.6 Å². The average Bonchev–Trinajstić information content (AvgIpc) is 4.15. The van der Waals surface area contributed by atoms with Crippen molar-refractivity contribution >= 4 is 60.3 Å². The van der Waals surface area contributed by atoms with Crippen molar-refractivity contribution in [2.45, 2.75) is 162 Å². The van der Waals surface area contributed by atoms with Crippen molar-refractivity contribution in [3.8, 4) is 23.7 Å². The van der Waals surface area contributed by atoms with Crippen molar-refractivity contribution in [1.29, 1.82) is 0 Å². The van der Waals surface area contributed by atoms with Gasteiger partial charge in [-0.15, -0.1) is 24.8 Å². The van der Waals surface area contributed by atoms with E-state index in [-0.39, 0.29) is 79.4 Å². The van der Waals surface area contributed by atoms with Gasteiger partial charge in [-0.25, -0.2) is 0 Å². The van der Waals surface area contributed by atoms with E-state index >= 15 is 0 Å². The Bertz CT molecular complexity index is 2220. The molecule has 0 bridgehead atoms. The molecule has 0 spiro atoms. The summed E-state index contributed by atoms with van der Waals surface area (Å²) in [6.07, 6.45) is 3.37. The van der Waals surface area contributed by atoms with Crippen LogP contribution in [-0.2, 0) is 51.1 Å². The van der Waals surface area contributed by atoms with Crippen LogP contribution in [0.25, 0.3) is 0 Å². The molecule has 0 radical (unpaired) electrons. The van der Waals surface area contributed by atoms with E-state index in [1.54, 1.807) is 23.8 Å². The number of likely N-dealkylation sites (tertiary alicyclic amines) is 2. The molecule has 10 atom stereocenters. The fourth-order valence-electron chi connectivity index (χ4n) is 9.83. The molecule has 17 heteroatoms. The van der Waals surface area contributed by atoms with E-state index in [0.717, 1.165) is 22.3 Å². The van der Waals surface area contributed by atoms with Crippen LogP contribution >= 0.6 is 24.8 Å². The molecule has 394 valence electrons. The normalized spacial score (nSPS) is 22.6. The van der Waals surface area contributed by atoms with Crippen molar-refractivity contribution < 1.29 is 38.2 Å². The van der Waals surface area contributed by atoms with E-state index in [1.165, 1.54) is 0 Å². The first-order chi connectivity index (χ1) is 33.2. The number of halogens is 2. The molecular formula is C55H77Cl2N7O8. The molecule has 2 fully saturated rings. The number of benzene rings is 2. The first kappa shape index (κ1) is 59.4. The quantitative estimate of drug-likeness (QED) is 0.142. The molecular weight excluding hydrogens is 958 g/mol. The van der Waals surface area contributed by atoms with Crippen LogP contribution in [0.3, 0.4) is 0 Å². The van der Waals surface area contributed by atoms with E-state index in [9.17, 15) is 28.8 Å². The van der Waals surface area contributed by atoms with Crippen molar-refractivity contribution in [1.82, 2.24) is 36.4 Å². The van der Waals surface area contributed by atoms with E-state index < -0.39 is 65.3 Å². The molecule has 6 rings (SSSR count). The molecule has 2 aliphatic heterocycles. The summed E-state index contributed by atoms with van der Waals surface area (Å²) in [5.74, 6) is 9.94. The highest BCUT2D eigenvalue weighted by molar-refractivity contribution is 5.95. The fourth-order valence-corrected chi connectivity index (χ4v) is 9.83. The number of carbonyl (C=O) groups is 6. The third kappa shape index (κ3) is 14.3. The third-order valence-electron chi connectivity index (χ3n) is 14.3. The SMILES string of the molecule is CC[C@@H](C)C(=O)N[C@H](C(=O)N1CCCC1C(=O)N[C@H]1c2ccccc2C[C@H]1OCC#CC#CCO[C@H]1Cc2ccccc2[C@@H]1NC(=O)[C@@H]1CCCN1C(=O)[C@@H](NC(=O)[C@H](C)NC)C(C)(C)C)C(C)(C)C.Cl.Cl. The molecule has 0 aromatic heterocycles. The molecule has 6 amide bonds. The van der Waals surface area contributed by atoms with Crippen molar-refractivity contribution in [2.75, 3.05) is 33.4 Å². The first-order valence-electron chi connectivity index (χ1n) is 25.1. The van der Waals surface area contributed by atoms with Crippen LogP contribution in [0.15, 0.2) is 48.5 Å². The van der Waals surface area contributed by atoms with Gasteiger partial charge < -0.3 is 45.9 Å². The summed E-state index contributed by atoms with van der Waals surface area (Å²) in [7, 11) is 1.69. The maximum Gasteiger partial charge on any atom is 0.246 e. The van der Waals surface area contributed by atoms with E-state index in [4.69, 9.17) is 9.47 Å². The molecule has 5 N–H and O–H groups in total. The Morgan fingerprint density at radius 1 is 0.653 bits per heavy atom. The zero-order valence-electron chi connectivity index (χ0n) is 43.6. The lowest BCUT2D eigenvalue weighted by Gasteiger charge is -2.36. The molecule has 1 unspecified atom stereocenters. The van der Waals surface area contributed by atoms with Gasteiger partial charge in [0.25, 0.3) is 0 Å². The molecule has 2 aliphatic carbocycles. The maximum atomic E-state index is 14.1. The zero-order valence-corrected chi connectivity index (χ0v) is 45.3. The van der Waals surface area contributed by atoms with E-state index in [0.29, 0.717) is 58.0 Å². The second-order valence-electron chi connectivity index (χ2n) is 21.4. The number of hydrogen-bond donors (Lipinski definition) is 5. The van der Waals surface area contributed by atoms with Gasteiger partial charge in [-0.3, -0.25) is 28.8 Å². The van der Waals surface area contributed by atoms with Crippen LogP contribution in [-0.4, -0.2) is 121 Å². The topological polar surface area (TPSA) is 188 Å². The van der Waals surface area contributed by atoms with E-state index in [2.05, 4.69) is 50.3 Å². The average molecular weight is 1040 g/mol. The molecule has 15 nitrogen and oxygen atoms in total. The first-order valence-corrected chi connectivity index (χ1v) is 25.1. The number of fused-ring (bicyclic) bond motifs is 2. The predicted molar refractivity (Wildman–Crippen MR) is 282 cm³/mol. The van der Waals surface area contributed by atoms with Gasteiger partial charge >= 0.3 is 0 Å². The number of ether oxygens (including phenoxy) is 2. The predicted octanol–water partition coefficient (Wildman–Crippen LogP) is 5.13. The lowest BCUT2D eigenvalue weighted by molar-refractivity contribution is -0.144. The number of rotatable bonds is 16. The van der Waals surface area contributed by atoms with Gasteiger partial charge in [-0.05, 0) is 91.0 Å². The standard InChI is InChI=1S/C55H75N7O8.2ClH/c1-11-34(2)48(63)59-46(54(4,5)6)52(67)61-28-20-26-40(61)50(65)57-44-38-24-16-14-22-36(38)32-42(44)69-30-18-12-13-19-31-70-43-33-37-23-15-17-25-39(37)45(43)58-51(66)41-27-21-29-62(41)53(68)47(55(7,8)9)60-49(64)35(3)56-10;;/h14-17,22-25,34-35,40-47,56H,11,20-21,26-33H2,1-10H3,(H,57,65)(H,58,66)(H,59,63)(H,60,64);2*1H/t34-,35+,40?,41+,42-,43+,44+,45+,46-,47-;;/m1../s1. The van der Waals surface area contributed by atoms with Crippen LogP contribution in [0, 0.1) is 40.4 Å². The van der Waals surface area contributed by atoms with Gasteiger partial charge in [0.1, 0.15) is 37.4 Å². The summed E-state index contributed by atoms with van der Waals surface area (Å²) in [4.78, 5) is 85.4. The molecule has 0 saturated carbocycles. The minimum atomic E-state index is -0.817. The van der Waals surface area contributed by atoms with Gasteiger partial charge in [-0.2, -0.15) is 0 Å². The third-order valence-corrected chi connectivity index (χ3v) is 14.3. The van der Waals surface area contributed by atoms with Crippen LogP contribution in [0.1, 0.15) is 129 Å². The Kier molecular flexibility index (Phi) is 21.6. The molecule has 72 heavy (non-hydrogen) atoms. The zero-order chi connectivity index (χ0) is 50.9. The highest BCUT2D eigenvalue weighted by atomic mass is 35.5. The Balaban J connectivity index is 0.00000562. The highest BCUT2D eigenvalue weighted by Crippen LogP contribution is 2.36. The Labute approximate surface area is 439 Å². The van der Waals surface area contributed by atoms with Gasteiger partial charge in [0.15, 0.2) is 0 Å². The Morgan fingerprint density at radius 3 is 1.44 bits per heavy atom. The van der Waals surface area contributed by atoms with Gasteiger partial charge in [0.2, 0.25) is 35.4 Å². The van der Waals surface area contributed by atoms with Crippen molar-refractivity contribution in [3.05, 3.63) is 70.8 Å². The maximum absolute atomic E-state index is 14.1. The molecule has 2 saturated heterocycles. The second kappa shape index (κ2) is 26.2.